The number of phenolic OH excluding ortho intramolecular Hbond substituents is 1. The number of pyridine rings is 1. The van der Waals surface area contributed by atoms with Crippen molar-refractivity contribution in [3.63, 3.8) is 0 Å². The number of nitrogens with zero attached hydrogens (tertiary/aromatic N) is 3. The molecule has 2 heterocycles. The van der Waals surface area contributed by atoms with Crippen LogP contribution in [0.1, 0.15) is 35.8 Å². The van der Waals surface area contributed by atoms with Crippen LogP contribution in [0, 0.1) is 5.82 Å². The predicted octanol–water partition coefficient (Wildman–Crippen LogP) is 4.07. The molecule has 1 saturated carbocycles. The van der Waals surface area contributed by atoms with Gasteiger partial charge in [0.2, 0.25) is 5.95 Å². The van der Waals surface area contributed by atoms with Crippen LogP contribution >= 0.6 is 0 Å². The summed E-state index contributed by atoms with van der Waals surface area (Å²) < 4.78 is 27.9. The normalized spacial score (nSPS) is 20.4. The Morgan fingerprint density at radius 2 is 1.97 bits per heavy atom. The molecule has 3 aromatic rings. The largest absolute Gasteiger partial charge is 0.507 e. The third-order valence-corrected chi connectivity index (χ3v) is 5.44. The van der Waals surface area contributed by atoms with Crippen LogP contribution in [0.3, 0.4) is 0 Å². The van der Waals surface area contributed by atoms with Gasteiger partial charge in [-0.1, -0.05) is 0 Å². The molecule has 2 aromatic heterocycles. The van der Waals surface area contributed by atoms with Crippen molar-refractivity contribution in [2.75, 3.05) is 11.9 Å². The Kier molecular flexibility index (Phi) is 5.15. The molecule has 8 heteroatoms. The Morgan fingerprint density at radius 1 is 1.23 bits per heavy atom. The molecule has 1 aliphatic carbocycles. The van der Waals surface area contributed by atoms with E-state index in [1.165, 1.54) is 43.7 Å². The fourth-order valence-electron chi connectivity index (χ4n) is 3.78. The molecule has 0 aliphatic heterocycles. The van der Waals surface area contributed by atoms with Crippen LogP contribution in [0.2, 0.25) is 0 Å². The van der Waals surface area contributed by atoms with Crippen LogP contribution in [0.15, 0.2) is 48.9 Å². The van der Waals surface area contributed by atoms with Crippen LogP contribution in [0.25, 0.3) is 11.1 Å². The number of carbonyl (C=O) groups excluding carboxylic acids is 1. The molecule has 4 rings (SSSR count). The second kappa shape index (κ2) is 7.78. The summed E-state index contributed by atoms with van der Waals surface area (Å²) in [7, 11) is 0. The smallest absolute Gasteiger partial charge is 0.222 e. The number of halogens is 2. The first-order chi connectivity index (χ1) is 14.4. The summed E-state index contributed by atoms with van der Waals surface area (Å²) in [6.45, 7) is 1.69. The number of Topliss-reactive ketones (excluding diaryl/α,β-unsaturated/α-hetero) is 1. The second-order valence-electron chi connectivity index (χ2n) is 7.56. The van der Waals surface area contributed by atoms with Crippen LogP contribution in [0.4, 0.5) is 14.7 Å². The molecule has 154 valence electrons. The molecule has 1 fully saturated rings. The Labute approximate surface area is 172 Å². The number of anilines is 1. The number of alkyl halides is 1. The number of benzene rings is 1. The minimum Gasteiger partial charge on any atom is -0.507 e. The first-order valence-electron chi connectivity index (χ1n) is 9.53. The third-order valence-electron chi connectivity index (χ3n) is 5.44. The highest BCUT2D eigenvalue weighted by atomic mass is 19.1. The number of hydrogen-bond acceptors (Lipinski definition) is 6. The van der Waals surface area contributed by atoms with Crippen molar-refractivity contribution < 1.29 is 18.7 Å². The van der Waals surface area contributed by atoms with Gasteiger partial charge in [-0.3, -0.25) is 9.78 Å². The quantitative estimate of drug-likeness (QED) is 0.596. The Bertz CT molecular complexity index is 1080. The maximum atomic E-state index is 14.2. The summed E-state index contributed by atoms with van der Waals surface area (Å²) in [4.78, 5) is 24.2. The van der Waals surface area contributed by atoms with E-state index in [2.05, 4.69) is 20.3 Å². The maximum absolute atomic E-state index is 14.2. The van der Waals surface area contributed by atoms with Gasteiger partial charge in [0.25, 0.3) is 0 Å². The molecule has 0 bridgehead atoms. The van der Waals surface area contributed by atoms with E-state index in [-0.39, 0.29) is 36.6 Å². The summed E-state index contributed by atoms with van der Waals surface area (Å²) >= 11 is 0. The zero-order valence-electron chi connectivity index (χ0n) is 16.3. The lowest BCUT2D eigenvalue weighted by molar-refractivity contribution is 0.0963. The number of hydrogen-bond donors (Lipinski definition) is 2. The van der Waals surface area contributed by atoms with E-state index in [0.717, 1.165) is 0 Å². The van der Waals surface area contributed by atoms with Crippen LogP contribution in [-0.2, 0) is 5.41 Å². The number of aromatic nitrogens is 3. The summed E-state index contributed by atoms with van der Waals surface area (Å²) in [5, 5.41) is 13.1. The number of carbonyl (C=O) groups is 1. The highest BCUT2D eigenvalue weighted by Crippen LogP contribution is 2.45. The zero-order valence-corrected chi connectivity index (χ0v) is 16.3. The Balaban J connectivity index is 1.52. The first-order valence-corrected chi connectivity index (χ1v) is 9.53. The molecular weight excluding hydrogens is 390 g/mol. The fourth-order valence-corrected chi connectivity index (χ4v) is 3.78. The lowest BCUT2D eigenvalue weighted by Gasteiger charge is -2.43. The average Bonchev–Trinajstić information content (AvgIpc) is 2.71. The topological polar surface area (TPSA) is 88.0 Å². The number of rotatable bonds is 6. The fraction of sp³-hybridized carbons (Fsp3) is 0.273. The zero-order chi connectivity index (χ0) is 21.3. The van der Waals surface area contributed by atoms with Gasteiger partial charge in [0.15, 0.2) is 5.78 Å². The maximum Gasteiger partial charge on any atom is 0.222 e. The monoisotopic (exact) mass is 410 g/mol. The van der Waals surface area contributed by atoms with Crippen LogP contribution < -0.4 is 5.32 Å². The van der Waals surface area contributed by atoms with E-state index in [9.17, 15) is 18.7 Å². The molecule has 0 atom stereocenters. The van der Waals surface area contributed by atoms with Crippen molar-refractivity contribution in [2.24, 2.45) is 0 Å². The summed E-state index contributed by atoms with van der Waals surface area (Å²) in [5.41, 5.74) is 0.949. The van der Waals surface area contributed by atoms with Gasteiger partial charge in [0.05, 0.1) is 5.69 Å². The number of phenols is 1. The van der Waals surface area contributed by atoms with E-state index < -0.39 is 17.4 Å². The number of aromatic hydroxyl groups is 1. The summed E-state index contributed by atoms with van der Waals surface area (Å²) in [6.07, 6.45) is 3.89. The molecule has 30 heavy (non-hydrogen) atoms. The van der Waals surface area contributed by atoms with Gasteiger partial charge >= 0.3 is 0 Å². The van der Waals surface area contributed by atoms with Gasteiger partial charge in [0.1, 0.15) is 17.7 Å². The molecule has 0 saturated heterocycles. The molecule has 1 aliphatic rings. The van der Waals surface area contributed by atoms with Crippen molar-refractivity contribution in [1.29, 1.82) is 0 Å². The van der Waals surface area contributed by atoms with Crippen molar-refractivity contribution in [3.05, 3.63) is 66.0 Å². The van der Waals surface area contributed by atoms with E-state index in [1.54, 1.807) is 12.1 Å². The molecule has 6 nitrogen and oxygen atoms in total. The van der Waals surface area contributed by atoms with E-state index >= 15 is 0 Å². The molecule has 0 spiro atoms. The van der Waals surface area contributed by atoms with Crippen LogP contribution in [-0.4, -0.2) is 38.6 Å². The SMILES string of the molecule is CC(=O)c1ccc(O)c(-c2cnc(NCC3(c4ncccc4F)CC(F)C3)nc2)c1. The lowest BCUT2D eigenvalue weighted by atomic mass is 9.65. The van der Waals surface area contributed by atoms with Gasteiger partial charge < -0.3 is 10.4 Å². The van der Waals surface area contributed by atoms with Gasteiger partial charge in [-0.05, 0) is 50.1 Å². The molecular formula is C22H20F2N4O2. The summed E-state index contributed by atoms with van der Waals surface area (Å²) in [6, 6.07) is 7.41. The molecule has 0 amide bonds. The standard InChI is InChI=1S/C22H20F2N4O2/c1-13(29)14-4-5-19(30)17(7-14)15-10-26-21(27-11-15)28-12-22(8-16(23)9-22)20-18(24)3-2-6-25-20/h2-7,10-11,16,30H,8-9,12H2,1H3,(H,26,27,28). The lowest BCUT2D eigenvalue weighted by Crippen LogP contribution is -2.49. The first kappa shape index (κ1) is 19.9. The van der Waals surface area contributed by atoms with Gasteiger partial charge in [-0.15, -0.1) is 0 Å². The predicted molar refractivity (Wildman–Crippen MR) is 108 cm³/mol. The van der Waals surface area contributed by atoms with Gasteiger partial charge in [-0.2, -0.15) is 0 Å². The van der Waals surface area contributed by atoms with Gasteiger partial charge in [0, 0.05) is 47.2 Å². The summed E-state index contributed by atoms with van der Waals surface area (Å²) in [5.74, 6) is -0.270. The Hall–Kier alpha value is -3.42. The number of ketones is 1. The van der Waals surface area contributed by atoms with Gasteiger partial charge in [-0.25, -0.2) is 18.7 Å². The van der Waals surface area contributed by atoms with E-state index in [4.69, 9.17) is 0 Å². The Morgan fingerprint density at radius 3 is 2.60 bits per heavy atom. The van der Waals surface area contributed by atoms with E-state index in [1.807, 2.05) is 0 Å². The molecule has 0 radical (unpaired) electrons. The van der Waals surface area contributed by atoms with Crippen molar-refractivity contribution in [3.8, 4) is 16.9 Å². The highest BCUT2D eigenvalue weighted by Gasteiger charge is 2.48. The highest BCUT2D eigenvalue weighted by molar-refractivity contribution is 5.95. The molecule has 2 N–H and O–H groups in total. The second-order valence-corrected chi connectivity index (χ2v) is 7.56. The van der Waals surface area contributed by atoms with Crippen LogP contribution in [0.5, 0.6) is 5.75 Å². The minimum atomic E-state index is -0.993. The molecule has 0 unspecified atom stereocenters. The van der Waals surface area contributed by atoms with Crippen molar-refractivity contribution >= 4 is 11.7 Å². The van der Waals surface area contributed by atoms with E-state index in [0.29, 0.717) is 22.6 Å². The van der Waals surface area contributed by atoms with Crippen molar-refractivity contribution in [1.82, 2.24) is 15.0 Å². The van der Waals surface area contributed by atoms with Crippen molar-refractivity contribution in [2.45, 2.75) is 31.4 Å². The molecule has 1 aromatic carbocycles. The average molecular weight is 410 g/mol. The number of nitrogens with one attached hydrogen (secondary N) is 1. The third kappa shape index (κ3) is 3.72. The minimum absolute atomic E-state index is 0.0114.